The predicted octanol–water partition coefficient (Wildman–Crippen LogP) is 3.91. The molecule has 0 bridgehead atoms. The van der Waals surface area contributed by atoms with Gasteiger partial charge in [0.2, 0.25) is 5.91 Å². The standard InChI is InChI=1S/C21H22ClN5O3S/c1-12(2)17(19(28)24-20(23)29)31-21-26-25-18(13-4-6-14(22)7-5-13)27(21)15-8-10-16(30-3)11-9-15/h4-12,17H,1-3H3,(H3,23,24,28,29)/t17-/m1/s1. The minimum Gasteiger partial charge on any atom is -0.497 e. The fourth-order valence-corrected chi connectivity index (χ4v) is 4.07. The molecule has 1 heterocycles. The van der Waals surface area contributed by atoms with E-state index < -0.39 is 17.2 Å². The molecule has 0 radical (unpaired) electrons. The number of carbonyl (C=O) groups excluding carboxylic acids is 2. The summed E-state index contributed by atoms with van der Waals surface area (Å²) < 4.78 is 7.10. The van der Waals surface area contributed by atoms with Gasteiger partial charge in [0.05, 0.1) is 12.4 Å². The number of nitrogens with two attached hydrogens (primary N) is 1. The summed E-state index contributed by atoms with van der Waals surface area (Å²) in [5, 5.41) is 11.3. The molecule has 31 heavy (non-hydrogen) atoms. The predicted molar refractivity (Wildman–Crippen MR) is 121 cm³/mol. The highest BCUT2D eigenvalue weighted by Crippen LogP contribution is 2.33. The first-order valence-electron chi connectivity index (χ1n) is 9.43. The quantitative estimate of drug-likeness (QED) is 0.518. The summed E-state index contributed by atoms with van der Waals surface area (Å²) in [6, 6.07) is 13.8. The van der Waals surface area contributed by atoms with Crippen molar-refractivity contribution in [1.29, 1.82) is 0 Å². The maximum absolute atomic E-state index is 12.5. The summed E-state index contributed by atoms with van der Waals surface area (Å²) in [4.78, 5) is 23.7. The van der Waals surface area contributed by atoms with Crippen LogP contribution in [0.5, 0.6) is 5.75 Å². The molecule has 2 aromatic carbocycles. The van der Waals surface area contributed by atoms with Gasteiger partial charge in [-0.25, -0.2) is 4.79 Å². The Balaban J connectivity index is 2.07. The lowest BCUT2D eigenvalue weighted by Crippen LogP contribution is -2.42. The summed E-state index contributed by atoms with van der Waals surface area (Å²) in [6.07, 6.45) is 0. The molecule has 8 nitrogen and oxygen atoms in total. The molecule has 0 spiro atoms. The van der Waals surface area contributed by atoms with E-state index in [1.807, 2.05) is 54.8 Å². The van der Waals surface area contributed by atoms with Gasteiger partial charge in [0, 0.05) is 16.3 Å². The first kappa shape index (κ1) is 22.6. The Morgan fingerprint density at radius 3 is 2.29 bits per heavy atom. The lowest BCUT2D eigenvalue weighted by molar-refractivity contribution is -0.120. The van der Waals surface area contributed by atoms with Crippen molar-refractivity contribution in [2.75, 3.05) is 7.11 Å². The van der Waals surface area contributed by atoms with Crippen molar-refractivity contribution in [3.63, 3.8) is 0 Å². The van der Waals surface area contributed by atoms with Crippen molar-refractivity contribution in [3.8, 4) is 22.8 Å². The number of rotatable bonds is 7. The number of amides is 3. The smallest absolute Gasteiger partial charge is 0.318 e. The highest BCUT2D eigenvalue weighted by atomic mass is 35.5. The van der Waals surface area contributed by atoms with Crippen LogP contribution in [0, 0.1) is 5.92 Å². The zero-order valence-corrected chi connectivity index (χ0v) is 18.8. The first-order valence-corrected chi connectivity index (χ1v) is 10.7. The second-order valence-corrected chi connectivity index (χ2v) is 8.53. The van der Waals surface area contributed by atoms with E-state index in [9.17, 15) is 9.59 Å². The van der Waals surface area contributed by atoms with E-state index in [4.69, 9.17) is 22.1 Å². The molecule has 3 amide bonds. The summed E-state index contributed by atoms with van der Waals surface area (Å²) in [5.74, 6) is 0.719. The van der Waals surface area contributed by atoms with Crippen molar-refractivity contribution < 1.29 is 14.3 Å². The van der Waals surface area contributed by atoms with E-state index in [1.165, 1.54) is 11.8 Å². The van der Waals surface area contributed by atoms with Crippen LogP contribution in [0.25, 0.3) is 17.1 Å². The fourth-order valence-electron chi connectivity index (χ4n) is 2.89. The second-order valence-electron chi connectivity index (χ2n) is 6.98. The highest BCUT2D eigenvalue weighted by molar-refractivity contribution is 8.00. The average Bonchev–Trinajstić information content (AvgIpc) is 3.15. The number of ether oxygens (including phenoxy) is 1. The number of thioether (sulfide) groups is 1. The molecule has 0 aliphatic heterocycles. The number of halogens is 1. The third-order valence-corrected chi connectivity index (χ3v) is 6.15. The van der Waals surface area contributed by atoms with Gasteiger partial charge >= 0.3 is 6.03 Å². The van der Waals surface area contributed by atoms with Gasteiger partial charge in [-0.05, 0) is 54.4 Å². The van der Waals surface area contributed by atoms with E-state index in [1.54, 1.807) is 19.2 Å². The van der Waals surface area contributed by atoms with Gasteiger partial charge in [0.15, 0.2) is 11.0 Å². The first-order chi connectivity index (χ1) is 14.8. The Kier molecular flexibility index (Phi) is 7.19. The zero-order chi connectivity index (χ0) is 22.5. The number of urea groups is 1. The molecule has 0 aliphatic rings. The minimum atomic E-state index is -0.894. The molecule has 3 rings (SSSR count). The Labute approximate surface area is 189 Å². The van der Waals surface area contributed by atoms with Crippen LogP contribution in [0.1, 0.15) is 13.8 Å². The average molecular weight is 460 g/mol. The molecular formula is C21H22ClN5O3S. The van der Waals surface area contributed by atoms with E-state index in [-0.39, 0.29) is 5.92 Å². The number of benzene rings is 2. The van der Waals surface area contributed by atoms with Gasteiger partial charge in [-0.3, -0.25) is 14.7 Å². The highest BCUT2D eigenvalue weighted by Gasteiger charge is 2.28. The Morgan fingerprint density at radius 2 is 1.74 bits per heavy atom. The lowest BCUT2D eigenvalue weighted by Gasteiger charge is -2.19. The minimum absolute atomic E-state index is 0.0932. The number of imide groups is 1. The molecule has 3 N–H and O–H groups in total. The van der Waals surface area contributed by atoms with Crippen LogP contribution in [0.4, 0.5) is 4.79 Å². The van der Waals surface area contributed by atoms with Gasteiger partial charge in [-0.15, -0.1) is 10.2 Å². The van der Waals surface area contributed by atoms with Gasteiger partial charge in [-0.1, -0.05) is 37.2 Å². The zero-order valence-electron chi connectivity index (χ0n) is 17.2. The van der Waals surface area contributed by atoms with E-state index in [0.29, 0.717) is 21.8 Å². The van der Waals surface area contributed by atoms with Crippen LogP contribution in [-0.4, -0.2) is 39.1 Å². The number of hydrogen-bond donors (Lipinski definition) is 2. The van der Waals surface area contributed by atoms with Crippen LogP contribution < -0.4 is 15.8 Å². The molecule has 1 aromatic heterocycles. The maximum Gasteiger partial charge on any atom is 0.318 e. The third-order valence-electron chi connectivity index (χ3n) is 4.41. The molecule has 0 fully saturated rings. The molecule has 0 saturated carbocycles. The van der Waals surface area contributed by atoms with E-state index in [2.05, 4.69) is 15.5 Å². The molecule has 3 aromatic rings. The number of carbonyl (C=O) groups is 2. The molecule has 0 aliphatic carbocycles. The number of primary amides is 1. The van der Waals surface area contributed by atoms with Gasteiger partial charge in [0.25, 0.3) is 0 Å². The monoisotopic (exact) mass is 459 g/mol. The van der Waals surface area contributed by atoms with Crippen molar-refractivity contribution in [2.45, 2.75) is 24.3 Å². The Morgan fingerprint density at radius 1 is 1.10 bits per heavy atom. The SMILES string of the molecule is COc1ccc(-n2c(S[C@@H](C(=O)NC(N)=O)C(C)C)nnc2-c2ccc(Cl)cc2)cc1. The summed E-state index contributed by atoms with van der Waals surface area (Å²) >= 11 is 7.24. The third kappa shape index (κ3) is 5.36. The van der Waals surface area contributed by atoms with Crippen LogP contribution >= 0.6 is 23.4 Å². The molecule has 0 saturated heterocycles. The van der Waals surface area contributed by atoms with E-state index >= 15 is 0 Å². The number of hydrogen-bond acceptors (Lipinski definition) is 6. The molecule has 1 atom stereocenters. The second kappa shape index (κ2) is 9.84. The number of aromatic nitrogens is 3. The topological polar surface area (TPSA) is 112 Å². The van der Waals surface area contributed by atoms with Crippen LogP contribution in [0.3, 0.4) is 0 Å². The lowest BCUT2D eigenvalue weighted by atomic mass is 10.1. The summed E-state index contributed by atoms with van der Waals surface area (Å²) in [7, 11) is 1.60. The van der Waals surface area contributed by atoms with Crippen LogP contribution in [-0.2, 0) is 4.79 Å². The molecular weight excluding hydrogens is 438 g/mol. The Hall–Kier alpha value is -3.04. The number of nitrogens with one attached hydrogen (secondary N) is 1. The molecule has 0 unspecified atom stereocenters. The van der Waals surface area contributed by atoms with Crippen LogP contribution in [0.15, 0.2) is 53.7 Å². The van der Waals surface area contributed by atoms with Crippen molar-refractivity contribution >= 4 is 35.3 Å². The van der Waals surface area contributed by atoms with Gasteiger partial charge < -0.3 is 10.5 Å². The largest absolute Gasteiger partial charge is 0.497 e. The van der Waals surface area contributed by atoms with Crippen molar-refractivity contribution in [2.24, 2.45) is 11.7 Å². The van der Waals surface area contributed by atoms with Gasteiger partial charge in [0.1, 0.15) is 5.75 Å². The van der Waals surface area contributed by atoms with Crippen molar-refractivity contribution in [3.05, 3.63) is 53.6 Å². The summed E-state index contributed by atoms with van der Waals surface area (Å²) in [5.41, 5.74) is 6.73. The molecule has 10 heteroatoms. The number of methoxy groups -OCH3 is 1. The van der Waals surface area contributed by atoms with E-state index in [0.717, 1.165) is 11.3 Å². The Bertz CT molecular complexity index is 1070. The number of nitrogens with zero attached hydrogens (tertiary/aromatic N) is 3. The van der Waals surface area contributed by atoms with Gasteiger partial charge in [-0.2, -0.15) is 0 Å². The normalized spacial score (nSPS) is 11.9. The molecule has 162 valence electrons. The maximum atomic E-state index is 12.5. The fraction of sp³-hybridized carbons (Fsp3) is 0.238. The summed E-state index contributed by atoms with van der Waals surface area (Å²) in [6.45, 7) is 3.76. The van der Waals surface area contributed by atoms with Crippen molar-refractivity contribution in [1.82, 2.24) is 20.1 Å². The van der Waals surface area contributed by atoms with Crippen LogP contribution in [0.2, 0.25) is 5.02 Å².